The van der Waals surface area contributed by atoms with Crippen LogP contribution in [0.25, 0.3) is 0 Å². The second-order valence-corrected chi connectivity index (χ2v) is 4.20. The second kappa shape index (κ2) is 6.59. The lowest BCUT2D eigenvalue weighted by atomic mass is 9.85. The van der Waals surface area contributed by atoms with Gasteiger partial charge >= 0.3 is 5.97 Å². The normalized spacial score (nSPS) is 21.4. The molecule has 1 aliphatic rings. The summed E-state index contributed by atoms with van der Waals surface area (Å²) >= 11 is 0. The molecule has 3 nitrogen and oxygen atoms in total. The lowest BCUT2D eigenvalue weighted by Gasteiger charge is -2.20. The Morgan fingerprint density at radius 2 is 2.33 bits per heavy atom. The Labute approximate surface area is 91.2 Å². The van der Waals surface area contributed by atoms with E-state index in [4.69, 9.17) is 4.74 Å². The summed E-state index contributed by atoms with van der Waals surface area (Å²) in [6.45, 7) is 2.28. The van der Waals surface area contributed by atoms with Gasteiger partial charge in [0, 0.05) is 19.3 Å². The van der Waals surface area contributed by atoms with Crippen molar-refractivity contribution in [2.24, 2.45) is 5.92 Å². The number of hydrogen-bond acceptors (Lipinski definition) is 3. The maximum atomic E-state index is 11.2. The zero-order chi connectivity index (χ0) is 11.1. The molecule has 0 N–H and O–H groups in total. The summed E-state index contributed by atoms with van der Waals surface area (Å²) in [5, 5.41) is 0. The third-order valence-electron chi connectivity index (χ3n) is 2.88. The van der Waals surface area contributed by atoms with Crippen LogP contribution in [0.1, 0.15) is 51.9 Å². The monoisotopic (exact) mass is 212 g/mol. The second-order valence-electron chi connectivity index (χ2n) is 4.20. The molecule has 0 saturated heterocycles. The highest BCUT2D eigenvalue weighted by Gasteiger charge is 2.19. The Morgan fingerprint density at radius 1 is 1.53 bits per heavy atom. The molecule has 1 rings (SSSR count). The van der Waals surface area contributed by atoms with Gasteiger partial charge in [-0.05, 0) is 38.5 Å². The van der Waals surface area contributed by atoms with E-state index in [9.17, 15) is 9.59 Å². The third kappa shape index (κ3) is 4.96. The number of rotatable bonds is 5. The van der Waals surface area contributed by atoms with Gasteiger partial charge in [-0.15, -0.1) is 0 Å². The maximum absolute atomic E-state index is 11.2. The van der Waals surface area contributed by atoms with Crippen LogP contribution in [-0.4, -0.2) is 18.4 Å². The molecule has 1 fully saturated rings. The van der Waals surface area contributed by atoms with E-state index in [1.165, 1.54) is 0 Å². The first kappa shape index (κ1) is 12.2. The minimum atomic E-state index is -0.111. The summed E-state index contributed by atoms with van der Waals surface area (Å²) in [4.78, 5) is 22.2. The molecule has 3 heteroatoms. The van der Waals surface area contributed by atoms with Gasteiger partial charge < -0.3 is 4.74 Å². The van der Waals surface area contributed by atoms with Gasteiger partial charge in [0.25, 0.3) is 0 Å². The number of carbonyl (C=O) groups is 2. The molecule has 0 heterocycles. The van der Waals surface area contributed by atoms with Crippen molar-refractivity contribution in [1.82, 2.24) is 0 Å². The number of hydrogen-bond donors (Lipinski definition) is 0. The van der Waals surface area contributed by atoms with E-state index >= 15 is 0 Å². The van der Waals surface area contributed by atoms with Gasteiger partial charge in [-0.2, -0.15) is 0 Å². The predicted molar refractivity (Wildman–Crippen MR) is 57.4 cm³/mol. The minimum Gasteiger partial charge on any atom is -0.466 e. The lowest BCUT2D eigenvalue weighted by Crippen LogP contribution is -2.15. The number of esters is 1. The highest BCUT2D eigenvalue weighted by atomic mass is 16.5. The van der Waals surface area contributed by atoms with Crippen molar-refractivity contribution in [2.75, 3.05) is 6.61 Å². The van der Waals surface area contributed by atoms with E-state index in [1.807, 2.05) is 6.92 Å². The molecule has 1 saturated carbocycles. The number of carbonyl (C=O) groups excluding carboxylic acids is 2. The largest absolute Gasteiger partial charge is 0.466 e. The van der Waals surface area contributed by atoms with Crippen molar-refractivity contribution in [3.8, 4) is 0 Å². The Balaban J connectivity index is 2.09. The molecule has 0 bridgehead atoms. The molecule has 0 aliphatic heterocycles. The maximum Gasteiger partial charge on any atom is 0.305 e. The molecule has 1 aliphatic carbocycles. The summed E-state index contributed by atoms with van der Waals surface area (Å²) in [6, 6.07) is 0. The van der Waals surface area contributed by atoms with E-state index in [2.05, 4.69) is 0 Å². The first-order valence-electron chi connectivity index (χ1n) is 5.89. The van der Waals surface area contributed by atoms with Gasteiger partial charge in [0.2, 0.25) is 0 Å². The summed E-state index contributed by atoms with van der Waals surface area (Å²) in [7, 11) is 0. The summed E-state index contributed by atoms with van der Waals surface area (Å²) in [6.07, 6.45) is 6.01. The Hall–Kier alpha value is -0.860. The van der Waals surface area contributed by atoms with Crippen LogP contribution in [0.5, 0.6) is 0 Å². The van der Waals surface area contributed by atoms with Crippen LogP contribution in [0.15, 0.2) is 0 Å². The molecule has 0 aromatic rings. The van der Waals surface area contributed by atoms with Crippen LogP contribution in [0.3, 0.4) is 0 Å². The van der Waals surface area contributed by atoms with Gasteiger partial charge in [-0.3, -0.25) is 9.59 Å². The SMILES string of the molecule is CCOC(=O)CCCC1CCCC(=O)C1. The average Bonchev–Trinajstić information content (AvgIpc) is 2.18. The molecule has 1 atom stereocenters. The molecular weight excluding hydrogens is 192 g/mol. The van der Waals surface area contributed by atoms with E-state index in [1.54, 1.807) is 0 Å². The van der Waals surface area contributed by atoms with Gasteiger partial charge in [-0.1, -0.05) is 0 Å². The zero-order valence-electron chi connectivity index (χ0n) is 9.46. The predicted octanol–water partition coefficient (Wildman–Crippen LogP) is 2.48. The number of Topliss-reactive ketones (excluding diaryl/α,β-unsaturated/α-hetero) is 1. The van der Waals surface area contributed by atoms with Crippen molar-refractivity contribution < 1.29 is 14.3 Å². The quantitative estimate of drug-likeness (QED) is 0.657. The van der Waals surface area contributed by atoms with Gasteiger partial charge in [-0.25, -0.2) is 0 Å². The van der Waals surface area contributed by atoms with Crippen LogP contribution in [-0.2, 0) is 14.3 Å². The first-order valence-corrected chi connectivity index (χ1v) is 5.89. The molecule has 15 heavy (non-hydrogen) atoms. The number of ketones is 1. The van der Waals surface area contributed by atoms with E-state index in [-0.39, 0.29) is 5.97 Å². The minimum absolute atomic E-state index is 0.111. The first-order chi connectivity index (χ1) is 7.22. The molecule has 1 unspecified atom stereocenters. The van der Waals surface area contributed by atoms with E-state index in [0.29, 0.717) is 24.7 Å². The van der Waals surface area contributed by atoms with Gasteiger partial charge in [0.15, 0.2) is 0 Å². The van der Waals surface area contributed by atoms with Crippen LogP contribution < -0.4 is 0 Å². The van der Waals surface area contributed by atoms with Crippen molar-refractivity contribution in [3.05, 3.63) is 0 Å². The van der Waals surface area contributed by atoms with Crippen molar-refractivity contribution in [3.63, 3.8) is 0 Å². The molecule has 0 aromatic carbocycles. The fourth-order valence-electron chi connectivity index (χ4n) is 2.13. The highest BCUT2D eigenvalue weighted by molar-refractivity contribution is 5.79. The van der Waals surface area contributed by atoms with E-state index < -0.39 is 0 Å². The summed E-state index contributed by atoms with van der Waals surface area (Å²) in [5.41, 5.74) is 0. The van der Waals surface area contributed by atoms with Gasteiger partial charge in [0.05, 0.1) is 6.61 Å². The summed E-state index contributed by atoms with van der Waals surface area (Å²) < 4.78 is 4.85. The van der Waals surface area contributed by atoms with Crippen LogP contribution in [0.2, 0.25) is 0 Å². The molecule has 86 valence electrons. The Morgan fingerprint density at radius 3 is 3.00 bits per heavy atom. The topological polar surface area (TPSA) is 43.4 Å². The van der Waals surface area contributed by atoms with E-state index in [0.717, 1.165) is 38.5 Å². The Kier molecular flexibility index (Phi) is 5.37. The standard InChI is InChI=1S/C12H20O3/c1-2-15-12(14)8-4-6-10-5-3-7-11(13)9-10/h10H,2-9H2,1H3. The molecule has 0 aromatic heterocycles. The molecule has 0 spiro atoms. The fourth-order valence-corrected chi connectivity index (χ4v) is 2.13. The lowest BCUT2D eigenvalue weighted by molar-refractivity contribution is -0.143. The Bertz CT molecular complexity index is 223. The van der Waals surface area contributed by atoms with Crippen LogP contribution in [0.4, 0.5) is 0 Å². The molecular formula is C12H20O3. The van der Waals surface area contributed by atoms with Crippen LogP contribution in [0, 0.1) is 5.92 Å². The van der Waals surface area contributed by atoms with Gasteiger partial charge in [0.1, 0.15) is 5.78 Å². The molecule has 0 amide bonds. The summed E-state index contributed by atoms with van der Waals surface area (Å²) in [5.74, 6) is 0.794. The van der Waals surface area contributed by atoms with Crippen molar-refractivity contribution in [1.29, 1.82) is 0 Å². The van der Waals surface area contributed by atoms with Crippen LogP contribution >= 0.6 is 0 Å². The number of ether oxygens (including phenoxy) is 1. The average molecular weight is 212 g/mol. The zero-order valence-corrected chi connectivity index (χ0v) is 9.46. The molecule has 0 radical (unpaired) electrons. The third-order valence-corrected chi connectivity index (χ3v) is 2.88. The van der Waals surface area contributed by atoms with Crippen molar-refractivity contribution in [2.45, 2.75) is 51.9 Å². The highest BCUT2D eigenvalue weighted by Crippen LogP contribution is 2.25. The van der Waals surface area contributed by atoms with Crippen molar-refractivity contribution >= 4 is 11.8 Å². The smallest absolute Gasteiger partial charge is 0.305 e. The fraction of sp³-hybridized carbons (Fsp3) is 0.833.